The normalized spacial score (nSPS) is 11.9. The first-order valence-corrected chi connectivity index (χ1v) is 11.5. The standard InChI is InChI=1S/C25H33ClN2O4/c1-3-32-23-13-7-20(8-14-23)18-24(29)27-15-5-17-28(16-4-6-25(30)31)19(2)21-9-11-22(26)12-10-21/h7-14,19H,3-6,15-18H2,1-2H3,(H,27,29)(H,30,31). The Morgan fingerprint density at radius 3 is 2.34 bits per heavy atom. The van der Waals surface area contributed by atoms with Gasteiger partial charge in [0.05, 0.1) is 13.0 Å². The van der Waals surface area contributed by atoms with Gasteiger partial charge in [-0.2, -0.15) is 0 Å². The minimum atomic E-state index is -0.786. The summed E-state index contributed by atoms with van der Waals surface area (Å²) in [6.07, 6.45) is 1.83. The Bertz CT molecular complexity index is 840. The Labute approximate surface area is 195 Å². The molecule has 0 heterocycles. The van der Waals surface area contributed by atoms with E-state index in [2.05, 4.69) is 17.1 Å². The third kappa shape index (κ3) is 9.28. The lowest BCUT2D eigenvalue weighted by molar-refractivity contribution is -0.137. The van der Waals surface area contributed by atoms with Crippen LogP contribution >= 0.6 is 11.6 Å². The van der Waals surface area contributed by atoms with Crippen molar-refractivity contribution in [3.05, 3.63) is 64.7 Å². The van der Waals surface area contributed by atoms with Gasteiger partial charge in [0.2, 0.25) is 5.91 Å². The van der Waals surface area contributed by atoms with Crippen LogP contribution < -0.4 is 10.1 Å². The van der Waals surface area contributed by atoms with Crippen molar-refractivity contribution in [1.82, 2.24) is 10.2 Å². The number of nitrogens with one attached hydrogen (secondary N) is 1. The summed E-state index contributed by atoms with van der Waals surface area (Å²) in [4.78, 5) is 25.4. The van der Waals surface area contributed by atoms with Gasteiger partial charge in [0, 0.05) is 30.6 Å². The summed E-state index contributed by atoms with van der Waals surface area (Å²) in [6.45, 7) is 6.66. The van der Waals surface area contributed by atoms with Crippen LogP contribution in [0.2, 0.25) is 5.02 Å². The molecule has 0 aliphatic heterocycles. The first-order chi connectivity index (χ1) is 15.4. The van der Waals surface area contributed by atoms with Crippen LogP contribution in [0.15, 0.2) is 48.5 Å². The zero-order valence-corrected chi connectivity index (χ0v) is 19.6. The predicted molar refractivity (Wildman–Crippen MR) is 127 cm³/mol. The molecule has 0 aliphatic rings. The lowest BCUT2D eigenvalue weighted by Gasteiger charge is -2.29. The second kappa shape index (κ2) is 13.8. The zero-order valence-electron chi connectivity index (χ0n) is 18.9. The van der Waals surface area contributed by atoms with E-state index in [1.807, 2.05) is 55.5 Å². The second-order valence-electron chi connectivity index (χ2n) is 7.72. The maximum atomic E-state index is 12.3. The number of halogens is 1. The van der Waals surface area contributed by atoms with Crippen LogP contribution in [0.4, 0.5) is 0 Å². The van der Waals surface area contributed by atoms with Gasteiger partial charge in [-0.1, -0.05) is 35.9 Å². The van der Waals surface area contributed by atoms with Gasteiger partial charge >= 0.3 is 5.97 Å². The first kappa shape index (κ1) is 25.7. The number of nitrogens with zero attached hydrogens (tertiary/aromatic N) is 1. The number of hydrogen-bond acceptors (Lipinski definition) is 4. The number of aliphatic carboxylic acids is 1. The molecule has 0 fully saturated rings. The summed E-state index contributed by atoms with van der Waals surface area (Å²) in [5.74, 6) is -0.00237. The molecule has 0 spiro atoms. The Balaban J connectivity index is 1.82. The zero-order chi connectivity index (χ0) is 23.3. The molecule has 32 heavy (non-hydrogen) atoms. The molecule has 0 saturated carbocycles. The lowest BCUT2D eigenvalue weighted by Crippen LogP contribution is -2.33. The summed E-state index contributed by atoms with van der Waals surface area (Å²) in [5, 5.41) is 12.6. The summed E-state index contributed by atoms with van der Waals surface area (Å²) in [5.41, 5.74) is 2.07. The van der Waals surface area contributed by atoms with Crippen LogP contribution in [0.5, 0.6) is 5.75 Å². The van der Waals surface area contributed by atoms with Crippen LogP contribution in [0.3, 0.4) is 0 Å². The second-order valence-corrected chi connectivity index (χ2v) is 8.15. The minimum Gasteiger partial charge on any atom is -0.494 e. The molecule has 1 atom stereocenters. The smallest absolute Gasteiger partial charge is 0.303 e. The van der Waals surface area contributed by atoms with Gasteiger partial charge in [-0.25, -0.2) is 0 Å². The third-order valence-corrected chi connectivity index (χ3v) is 5.53. The van der Waals surface area contributed by atoms with Crippen molar-refractivity contribution < 1.29 is 19.4 Å². The van der Waals surface area contributed by atoms with Gasteiger partial charge in [-0.05, 0) is 68.6 Å². The summed E-state index contributed by atoms with van der Waals surface area (Å²) >= 11 is 6.00. The quantitative estimate of drug-likeness (QED) is 0.399. The predicted octanol–water partition coefficient (Wildman–Crippen LogP) is 4.72. The third-order valence-electron chi connectivity index (χ3n) is 5.28. The number of carbonyl (C=O) groups excluding carboxylic acids is 1. The van der Waals surface area contributed by atoms with Crippen molar-refractivity contribution >= 4 is 23.5 Å². The van der Waals surface area contributed by atoms with E-state index in [-0.39, 0.29) is 18.4 Å². The van der Waals surface area contributed by atoms with E-state index in [9.17, 15) is 9.59 Å². The molecule has 0 aromatic heterocycles. The molecule has 1 amide bonds. The molecule has 2 aromatic rings. The van der Waals surface area contributed by atoms with Crippen LogP contribution in [0.25, 0.3) is 0 Å². The Hall–Kier alpha value is -2.57. The monoisotopic (exact) mass is 460 g/mol. The molecular weight excluding hydrogens is 428 g/mol. The fourth-order valence-corrected chi connectivity index (χ4v) is 3.64. The number of carboxylic acid groups (broad SMARTS) is 1. The van der Waals surface area contributed by atoms with Crippen LogP contribution in [0, 0.1) is 0 Å². The number of carbonyl (C=O) groups is 2. The molecule has 2 rings (SSSR count). The highest BCUT2D eigenvalue weighted by atomic mass is 35.5. The molecule has 6 nitrogen and oxygen atoms in total. The Morgan fingerprint density at radius 2 is 1.72 bits per heavy atom. The van der Waals surface area contributed by atoms with E-state index in [1.165, 1.54) is 0 Å². The summed E-state index contributed by atoms with van der Waals surface area (Å²) in [6, 6.07) is 15.4. The molecule has 0 bridgehead atoms. The highest BCUT2D eigenvalue weighted by Gasteiger charge is 2.16. The number of carboxylic acids is 1. The van der Waals surface area contributed by atoms with Gasteiger partial charge in [-0.3, -0.25) is 14.5 Å². The number of hydrogen-bond donors (Lipinski definition) is 2. The van der Waals surface area contributed by atoms with E-state index >= 15 is 0 Å². The van der Waals surface area contributed by atoms with Crippen molar-refractivity contribution in [2.75, 3.05) is 26.2 Å². The average molecular weight is 461 g/mol. The van der Waals surface area contributed by atoms with E-state index in [1.54, 1.807) is 0 Å². The Kier molecular flexibility index (Phi) is 11.0. The molecule has 0 saturated heterocycles. The lowest BCUT2D eigenvalue weighted by atomic mass is 10.1. The summed E-state index contributed by atoms with van der Waals surface area (Å²) < 4.78 is 5.42. The highest BCUT2D eigenvalue weighted by molar-refractivity contribution is 6.30. The maximum Gasteiger partial charge on any atom is 0.303 e. The SMILES string of the molecule is CCOc1ccc(CC(=O)NCCCN(CCCC(=O)O)C(C)c2ccc(Cl)cc2)cc1. The number of ether oxygens (including phenoxy) is 1. The van der Waals surface area contributed by atoms with E-state index < -0.39 is 5.97 Å². The van der Waals surface area contributed by atoms with E-state index in [0.717, 1.165) is 29.8 Å². The van der Waals surface area contributed by atoms with Crippen molar-refractivity contribution in [2.45, 2.75) is 45.6 Å². The molecule has 2 N–H and O–H groups in total. The van der Waals surface area contributed by atoms with E-state index in [0.29, 0.717) is 37.6 Å². The number of amides is 1. The Morgan fingerprint density at radius 1 is 1.06 bits per heavy atom. The molecule has 7 heteroatoms. The van der Waals surface area contributed by atoms with Crippen LogP contribution in [-0.4, -0.2) is 48.1 Å². The van der Waals surface area contributed by atoms with Crippen molar-refractivity contribution in [3.63, 3.8) is 0 Å². The van der Waals surface area contributed by atoms with Crippen LogP contribution in [0.1, 0.15) is 50.3 Å². The van der Waals surface area contributed by atoms with Gasteiger partial charge < -0.3 is 15.2 Å². The van der Waals surface area contributed by atoms with Gasteiger partial charge in [-0.15, -0.1) is 0 Å². The van der Waals surface area contributed by atoms with Gasteiger partial charge in [0.1, 0.15) is 5.75 Å². The summed E-state index contributed by atoms with van der Waals surface area (Å²) in [7, 11) is 0. The van der Waals surface area contributed by atoms with Crippen molar-refractivity contribution in [3.8, 4) is 5.75 Å². The number of benzene rings is 2. The average Bonchev–Trinajstić information content (AvgIpc) is 2.77. The first-order valence-electron chi connectivity index (χ1n) is 11.1. The van der Waals surface area contributed by atoms with Gasteiger partial charge in [0.15, 0.2) is 0 Å². The van der Waals surface area contributed by atoms with Crippen LogP contribution in [-0.2, 0) is 16.0 Å². The van der Waals surface area contributed by atoms with Crippen molar-refractivity contribution in [1.29, 1.82) is 0 Å². The molecule has 174 valence electrons. The largest absolute Gasteiger partial charge is 0.494 e. The maximum absolute atomic E-state index is 12.3. The van der Waals surface area contributed by atoms with E-state index in [4.69, 9.17) is 21.4 Å². The molecule has 2 aromatic carbocycles. The topological polar surface area (TPSA) is 78.9 Å². The molecular formula is C25H33ClN2O4. The number of rotatable bonds is 14. The molecule has 0 radical (unpaired) electrons. The molecule has 0 aliphatic carbocycles. The van der Waals surface area contributed by atoms with Gasteiger partial charge in [0.25, 0.3) is 0 Å². The fraction of sp³-hybridized carbons (Fsp3) is 0.440. The molecule has 1 unspecified atom stereocenters. The highest BCUT2D eigenvalue weighted by Crippen LogP contribution is 2.22. The fourth-order valence-electron chi connectivity index (χ4n) is 3.51. The minimum absolute atomic E-state index is 0.0164. The van der Waals surface area contributed by atoms with Crippen molar-refractivity contribution in [2.24, 2.45) is 0 Å².